The molecule has 0 saturated heterocycles. The summed E-state index contributed by atoms with van der Waals surface area (Å²) in [5, 5.41) is 48.1. The van der Waals surface area contributed by atoms with Gasteiger partial charge in [0.1, 0.15) is 54.4 Å². The largest absolute Gasteiger partial charge is 0.481 e. The predicted molar refractivity (Wildman–Crippen MR) is 249 cm³/mol. The Balaban J connectivity index is 3.38. The predicted octanol–water partition coefficient (Wildman–Crippen LogP) is -2.71. The smallest absolute Gasteiger partial charge is 0.326 e. The van der Waals surface area contributed by atoms with Crippen LogP contribution in [0.1, 0.15) is 93.6 Å². The Bertz CT molecular complexity index is 1960. The van der Waals surface area contributed by atoms with Gasteiger partial charge in [-0.1, -0.05) is 85.7 Å². The normalized spacial score (nSPS) is 15.2. The van der Waals surface area contributed by atoms with Crippen molar-refractivity contribution in [2.75, 3.05) is 6.61 Å². The van der Waals surface area contributed by atoms with Crippen molar-refractivity contribution in [1.82, 2.24) is 42.5 Å². The van der Waals surface area contributed by atoms with Gasteiger partial charge in [-0.2, -0.15) is 0 Å². The van der Waals surface area contributed by atoms with Crippen LogP contribution in [-0.2, 0) is 59.2 Å². The SMILES string of the molecule is CC(C)C[C@H](NC(=O)[C@@H](NC(=O)[C@H](CC(=O)O)NC(=O)[C@@H](NC(=O)[C@H](Cc1ccccc1)NC(=O)[C@H](C)NC(=O)[C@H](CC(C)C)NC(=O)[C@@H](N)CO)C(C)C)C(C)C)C(=O)N[C@@H](CC(N)=O)C(=O)O. The number of amides is 9. The summed E-state index contributed by atoms with van der Waals surface area (Å²) in [6, 6.07) is -4.35. The van der Waals surface area contributed by atoms with Gasteiger partial charge in [-0.3, -0.25) is 47.9 Å². The Kier molecular flexibility index (Phi) is 25.6. The van der Waals surface area contributed by atoms with Gasteiger partial charge in [0, 0.05) is 6.42 Å². The van der Waals surface area contributed by atoms with Crippen LogP contribution in [0.15, 0.2) is 30.3 Å². The molecule has 1 aromatic rings. The van der Waals surface area contributed by atoms with Crippen molar-refractivity contribution in [1.29, 1.82) is 0 Å². The number of carbonyl (C=O) groups excluding carboxylic acids is 9. The molecule has 24 nitrogen and oxygen atoms in total. The number of rotatable bonds is 30. The minimum absolute atomic E-state index is 0.00678. The molecule has 386 valence electrons. The Morgan fingerprint density at radius 1 is 0.493 bits per heavy atom. The number of carboxylic acid groups (broad SMARTS) is 2. The number of carbonyl (C=O) groups is 11. The molecule has 1 rings (SSSR count). The van der Waals surface area contributed by atoms with Gasteiger partial charge in [0.15, 0.2) is 0 Å². The molecule has 15 N–H and O–H groups in total. The number of aliphatic hydroxyl groups is 1. The average Bonchev–Trinajstić information content (AvgIpc) is 3.24. The lowest BCUT2D eigenvalue weighted by Gasteiger charge is -2.29. The van der Waals surface area contributed by atoms with Crippen LogP contribution in [0.2, 0.25) is 0 Å². The van der Waals surface area contributed by atoms with E-state index in [1.54, 1.807) is 71.9 Å². The molecule has 24 heteroatoms. The van der Waals surface area contributed by atoms with Crippen LogP contribution in [0.3, 0.4) is 0 Å². The molecule has 9 atom stereocenters. The molecule has 9 amide bonds. The van der Waals surface area contributed by atoms with Gasteiger partial charge in [-0.05, 0) is 49.0 Å². The molecule has 0 aliphatic carbocycles. The fraction of sp³-hybridized carbons (Fsp3) is 0.622. The maximum atomic E-state index is 14.1. The monoisotopic (exact) mass is 977 g/mol. The number of primary amides is 1. The summed E-state index contributed by atoms with van der Waals surface area (Å²) in [7, 11) is 0. The first-order chi connectivity index (χ1) is 32.1. The summed E-state index contributed by atoms with van der Waals surface area (Å²) < 4.78 is 0. The lowest BCUT2D eigenvalue weighted by molar-refractivity contribution is -0.144. The highest BCUT2D eigenvalue weighted by molar-refractivity contribution is 5.99. The molecule has 0 unspecified atom stereocenters. The topological polar surface area (TPSA) is 397 Å². The van der Waals surface area contributed by atoms with Crippen molar-refractivity contribution in [3.05, 3.63) is 35.9 Å². The average molecular weight is 977 g/mol. The second-order valence-corrected chi connectivity index (χ2v) is 18.3. The molecule has 0 heterocycles. The fourth-order valence-electron chi connectivity index (χ4n) is 6.66. The van der Waals surface area contributed by atoms with E-state index >= 15 is 0 Å². The minimum atomic E-state index is -1.82. The second kappa shape index (κ2) is 29.3. The van der Waals surface area contributed by atoms with E-state index in [0.717, 1.165) is 0 Å². The van der Waals surface area contributed by atoms with Gasteiger partial charge >= 0.3 is 11.9 Å². The molecule has 0 radical (unpaired) electrons. The van der Waals surface area contributed by atoms with Gasteiger partial charge < -0.3 is 69.3 Å². The summed E-state index contributed by atoms with van der Waals surface area (Å²) in [5.41, 5.74) is 11.3. The third-order valence-electron chi connectivity index (χ3n) is 10.4. The molecule has 0 fully saturated rings. The van der Waals surface area contributed by atoms with Gasteiger partial charge in [-0.15, -0.1) is 0 Å². The summed E-state index contributed by atoms with van der Waals surface area (Å²) in [4.78, 5) is 143. The molecule has 0 aromatic heterocycles. The summed E-state index contributed by atoms with van der Waals surface area (Å²) in [5.74, 6) is -13.0. The molecule has 1 aromatic carbocycles. The maximum absolute atomic E-state index is 14.1. The molecular formula is C45H72N10O14. The number of carboxylic acids is 2. The highest BCUT2D eigenvalue weighted by Crippen LogP contribution is 2.12. The molecule has 0 aliphatic heterocycles. The van der Waals surface area contributed by atoms with E-state index in [-0.39, 0.29) is 31.1 Å². The lowest BCUT2D eigenvalue weighted by Crippen LogP contribution is -2.62. The quantitative estimate of drug-likeness (QED) is 0.0373. The molecule has 0 spiro atoms. The maximum Gasteiger partial charge on any atom is 0.326 e. The first-order valence-corrected chi connectivity index (χ1v) is 22.6. The van der Waals surface area contributed by atoms with Crippen molar-refractivity contribution in [3.8, 4) is 0 Å². The summed E-state index contributed by atoms with van der Waals surface area (Å²) in [6.45, 7) is 13.9. The molecule has 0 aliphatic rings. The lowest BCUT2D eigenvalue weighted by atomic mass is 9.98. The Morgan fingerprint density at radius 3 is 1.32 bits per heavy atom. The number of aliphatic hydroxyl groups excluding tert-OH is 1. The van der Waals surface area contributed by atoms with Crippen molar-refractivity contribution >= 4 is 65.1 Å². The minimum Gasteiger partial charge on any atom is -0.481 e. The van der Waals surface area contributed by atoms with Crippen LogP contribution in [0, 0.1) is 23.7 Å². The first-order valence-electron chi connectivity index (χ1n) is 22.6. The fourth-order valence-corrected chi connectivity index (χ4v) is 6.66. The van der Waals surface area contributed by atoms with E-state index in [4.69, 9.17) is 11.5 Å². The summed E-state index contributed by atoms with van der Waals surface area (Å²) >= 11 is 0. The van der Waals surface area contributed by atoms with Crippen LogP contribution in [-0.4, -0.2) is 141 Å². The van der Waals surface area contributed by atoms with Crippen LogP contribution < -0.4 is 54.0 Å². The zero-order valence-electron chi connectivity index (χ0n) is 40.6. The van der Waals surface area contributed by atoms with Crippen LogP contribution in [0.25, 0.3) is 0 Å². The number of nitrogens with one attached hydrogen (secondary N) is 8. The van der Waals surface area contributed by atoms with E-state index in [1.165, 1.54) is 20.8 Å². The molecule has 0 bridgehead atoms. The molecular weight excluding hydrogens is 905 g/mol. The second-order valence-electron chi connectivity index (χ2n) is 18.3. The standard InChI is InChI=1S/C45H72N10O14/c1-21(2)15-28(50-38(61)27(46)20-56)39(62)48-25(9)37(60)49-30(17-26-13-11-10-12-14-26)41(64)54-36(24(7)8)44(67)52-31(19-34(58)59)42(65)55-35(23(5)6)43(66)51-29(16-22(3)4)40(63)53-32(45(68)69)18-33(47)57/h10-14,21-25,27-32,35-36,56H,15-20,46H2,1-9H3,(H2,47,57)(H,48,62)(H,49,60)(H,50,61)(H,51,66)(H,52,67)(H,53,63)(H,54,64)(H,55,65)(H,58,59)(H,68,69)/t25-,27-,28-,29-,30-,31-,32-,35-,36-/m0/s1. The van der Waals surface area contributed by atoms with E-state index < -0.39 is 151 Å². The Morgan fingerprint density at radius 2 is 0.899 bits per heavy atom. The van der Waals surface area contributed by atoms with Crippen molar-refractivity contribution in [3.63, 3.8) is 0 Å². The van der Waals surface area contributed by atoms with Gasteiger partial charge in [0.2, 0.25) is 53.2 Å². The van der Waals surface area contributed by atoms with E-state index in [1.807, 2.05) is 0 Å². The Hall–Kier alpha value is -6.69. The summed E-state index contributed by atoms with van der Waals surface area (Å²) in [6.07, 6.45) is -1.67. The van der Waals surface area contributed by atoms with Crippen LogP contribution >= 0.6 is 0 Å². The highest BCUT2D eigenvalue weighted by atomic mass is 16.4. The van der Waals surface area contributed by atoms with Crippen molar-refractivity contribution in [2.24, 2.45) is 35.1 Å². The first kappa shape index (κ1) is 60.3. The zero-order valence-corrected chi connectivity index (χ0v) is 40.6. The number of hydrogen-bond acceptors (Lipinski definition) is 13. The van der Waals surface area contributed by atoms with Gasteiger partial charge in [-0.25, -0.2) is 4.79 Å². The number of aliphatic carboxylic acids is 2. The van der Waals surface area contributed by atoms with Crippen molar-refractivity contribution in [2.45, 2.75) is 149 Å². The number of hydrogen-bond donors (Lipinski definition) is 13. The highest BCUT2D eigenvalue weighted by Gasteiger charge is 2.37. The van der Waals surface area contributed by atoms with E-state index in [0.29, 0.717) is 5.56 Å². The van der Waals surface area contributed by atoms with Crippen LogP contribution in [0.5, 0.6) is 0 Å². The third kappa shape index (κ3) is 21.9. The number of benzene rings is 1. The molecule has 69 heavy (non-hydrogen) atoms. The zero-order chi connectivity index (χ0) is 52.9. The van der Waals surface area contributed by atoms with Crippen molar-refractivity contribution < 1.29 is 68.1 Å². The van der Waals surface area contributed by atoms with E-state index in [2.05, 4.69) is 42.5 Å². The van der Waals surface area contributed by atoms with Crippen LogP contribution in [0.4, 0.5) is 0 Å². The Labute approximate surface area is 401 Å². The van der Waals surface area contributed by atoms with E-state index in [9.17, 15) is 68.1 Å². The van der Waals surface area contributed by atoms with Gasteiger partial charge in [0.25, 0.3) is 0 Å². The third-order valence-corrected chi connectivity index (χ3v) is 10.4. The van der Waals surface area contributed by atoms with Gasteiger partial charge in [0.05, 0.1) is 19.4 Å². The molecule has 0 saturated carbocycles. The number of nitrogens with two attached hydrogens (primary N) is 2.